The SMILES string of the molecule is COc1ccc(S(=O)(=O)N(CC(C)C)C[C@@H](O)[C@H](Cc2ccccc2)NC(=O)O[C@H]2C[C@@]3(OC)CO[C@H]4OCCC2[C@H]43)cc1. The second kappa shape index (κ2) is 13.7. The number of benzene rings is 2. The number of aliphatic hydroxyl groups is 1. The van der Waals surface area contributed by atoms with E-state index in [1.807, 2.05) is 44.2 Å². The Balaban J connectivity index is 1.33. The molecule has 7 atom stereocenters. The molecule has 242 valence electrons. The topological polar surface area (TPSA) is 133 Å². The lowest BCUT2D eigenvalue weighted by Gasteiger charge is -2.34. The number of hydrogen-bond donors (Lipinski definition) is 2. The molecule has 3 aliphatic rings. The fourth-order valence-corrected chi connectivity index (χ4v) is 8.43. The van der Waals surface area contributed by atoms with E-state index in [0.29, 0.717) is 25.4 Å². The maximum atomic E-state index is 13.7. The van der Waals surface area contributed by atoms with Crippen LogP contribution in [-0.2, 0) is 35.4 Å². The van der Waals surface area contributed by atoms with E-state index >= 15 is 0 Å². The molecule has 1 aliphatic carbocycles. The van der Waals surface area contributed by atoms with Gasteiger partial charge in [-0.05, 0) is 48.6 Å². The normalized spacial score (nSPS) is 27.6. The van der Waals surface area contributed by atoms with Crippen LogP contribution in [0.15, 0.2) is 59.5 Å². The molecular weight excluding hydrogens is 588 g/mol. The minimum absolute atomic E-state index is 0.0112. The van der Waals surface area contributed by atoms with Crippen LogP contribution in [0.4, 0.5) is 4.79 Å². The number of nitrogens with one attached hydrogen (secondary N) is 1. The second-order valence-electron chi connectivity index (χ2n) is 12.3. The molecule has 2 saturated heterocycles. The van der Waals surface area contributed by atoms with Crippen LogP contribution >= 0.6 is 0 Å². The molecule has 2 heterocycles. The predicted octanol–water partition coefficient (Wildman–Crippen LogP) is 3.21. The monoisotopic (exact) mass is 632 g/mol. The average Bonchev–Trinajstić information content (AvgIpc) is 3.54. The van der Waals surface area contributed by atoms with Crippen molar-refractivity contribution < 1.29 is 42.0 Å². The minimum Gasteiger partial charge on any atom is -0.497 e. The van der Waals surface area contributed by atoms with Gasteiger partial charge in [0.05, 0.1) is 37.4 Å². The van der Waals surface area contributed by atoms with Crippen molar-refractivity contribution in [2.45, 2.75) is 68.1 Å². The molecule has 2 aliphatic heterocycles. The van der Waals surface area contributed by atoms with Crippen molar-refractivity contribution in [3.8, 4) is 5.75 Å². The summed E-state index contributed by atoms with van der Waals surface area (Å²) >= 11 is 0. The summed E-state index contributed by atoms with van der Waals surface area (Å²) in [5.41, 5.74) is 0.306. The number of nitrogens with zero attached hydrogens (tertiary/aromatic N) is 1. The smallest absolute Gasteiger partial charge is 0.407 e. The van der Waals surface area contributed by atoms with Gasteiger partial charge in [-0.15, -0.1) is 0 Å². The zero-order valence-electron chi connectivity index (χ0n) is 25.8. The van der Waals surface area contributed by atoms with E-state index in [1.54, 1.807) is 19.2 Å². The molecule has 0 bridgehead atoms. The number of rotatable bonds is 13. The number of carbonyl (C=O) groups excluding carboxylic acids is 1. The summed E-state index contributed by atoms with van der Waals surface area (Å²) in [4.78, 5) is 13.5. The number of amides is 1. The van der Waals surface area contributed by atoms with E-state index in [0.717, 1.165) is 12.0 Å². The molecule has 0 radical (unpaired) electrons. The Morgan fingerprint density at radius 3 is 2.48 bits per heavy atom. The van der Waals surface area contributed by atoms with E-state index in [9.17, 15) is 18.3 Å². The van der Waals surface area contributed by atoms with Crippen LogP contribution < -0.4 is 10.1 Å². The fourth-order valence-electron chi connectivity index (χ4n) is 6.81. The summed E-state index contributed by atoms with van der Waals surface area (Å²) in [5, 5.41) is 14.4. The van der Waals surface area contributed by atoms with Gasteiger partial charge in [0.2, 0.25) is 10.0 Å². The number of alkyl carbamates (subject to hydrolysis) is 1. The van der Waals surface area contributed by atoms with Gasteiger partial charge in [0.15, 0.2) is 6.29 Å². The van der Waals surface area contributed by atoms with Gasteiger partial charge in [-0.3, -0.25) is 0 Å². The third-order valence-electron chi connectivity index (χ3n) is 9.00. The van der Waals surface area contributed by atoms with Crippen molar-refractivity contribution >= 4 is 16.1 Å². The summed E-state index contributed by atoms with van der Waals surface area (Å²) in [6.45, 7) is 4.67. The van der Waals surface area contributed by atoms with E-state index in [2.05, 4.69) is 5.32 Å². The number of carbonyl (C=O) groups is 1. The molecule has 44 heavy (non-hydrogen) atoms. The van der Waals surface area contributed by atoms with Gasteiger partial charge in [-0.2, -0.15) is 4.31 Å². The first-order valence-electron chi connectivity index (χ1n) is 15.2. The summed E-state index contributed by atoms with van der Waals surface area (Å²) in [6.07, 6.45) is -1.20. The van der Waals surface area contributed by atoms with Gasteiger partial charge >= 0.3 is 6.09 Å². The first-order chi connectivity index (χ1) is 21.1. The summed E-state index contributed by atoms with van der Waals surface area (Å²) in [5.74, 6) is 0.521. The lowest BCUT2D eigenvalue weighted by molar-refractivity contribution is -0.175. The largest absolute Gasteiger partial charge is 0.497 e. The van der Waals surface area contributed by atoms with Gasteiger partial charge in [-0.1, -0.05) is 44.2 Å². The first kappa shape index (κ1) is 32.6. The van der Waals surface area contributed by atoms with Gasteiger partial charge in [0.1, 0.15) is 17.5 Å². The Morgan fingerprint density at radius 2 is 1.82 bits per heavy atom. The van der Waals surface area contributed by atoms with Crippen LogP contribution in [0.5, 0.6) is 5.75 Å². The van der Waals surface area contributed by atoms with Crippen LogP contribution in [0.1, 0.15) is 32.3 Å². The molecule has 1 amide bonds. The Labute approximate surface area is 259 Å². The summed E-state index contributed by atoms with van der Waals surface area (Å²) < 4.78 is 57.5. The van der Waals surface area contributed by atoms with E-state index in [1.165, 1.54) is 23.5 Å². The average molecular weight is 633 g/mol. The maximum absolute atomic E-state index is 13.7. The lowest BCUT2D eigenvalue weighted by atomic mass is 9.84. The van der Waals surface area contributed by atoms with Gasteiger partial charge in [-0.25, -0.2) is 13.2 Å². The number of sulfonamides is 1. The number of methoxy groups -OCH3 is 2. The Bertz CT molecular complexity index is 1360. The maximum Gasteiger partial charge on any atom is 0.407 e. The Hall–Kier alpha value is -2.74. The second-order valence-corrected chi connectivity index (χ2v) is 14.3. The van der Waals surface area contributed by atoms with Crippen LogP contribution in [0.3, 0.4) is 0 Å². The van der Waals surface area contributed by atoms with Gasteiger partial charge in [0, 0.05) is 38.5 Å². The molecule has 2 aromatic carbocycles. The Kier molecular flexibility index (Phi) is 10.2. The highest BCUT2D eigenvalue weighted by Gasteiger charge is 2.64. The summed E-state index contributed by atoms with van der Waals surface area (Å²) in [7, 11) is -0.801. The van der Waals surface area contributed by atoms with Crippen molar-refractivity contribution in [1.29, 1.82) is 0 Å². The molecule has 0 spiro atoms. The minimum atomic E-state index is -3.96. The highest BCUT2D eigenvalue weighted by atomic mass is 32.2. The molecule has 2 N–H and O–H groups in total. The standard InChI is InChI=1S/C32H44N2O9S/c1-21(2)18-34(44(37,38)24-12-10-23(39-3)11-13-24)19-27(35)26(16-22-8-6-5-7-9-22)33-31(36)43-28-17-32(40-4)20-42-30-29(32)25(28)14-15-41-30/h5-13,21,25-30,35H,14-20H2,1-4H3,(H,33,36)/t25?,26-,27+,28-,29+,30+,32+/m0/s1. The summed E-state index contributed by atoms with van der Waals surface area (Å²) in [6, 6.07) is 14.8. The molecule has 1 unspecified atom stereocenters. The zero-order chi connectivity index (χ0) is 31.5. The van der Waals surface area contributed by atoms with Crippen molar-refractivity contribution in [1.82, 2.24) is 9.62 Å². The highest BCUT2D eigenvalue weighted by Crippen LogP contribution is 2.54. The van der Waals surface area contributed by atoms with Crippen molar-refractivity contribution in [3.05, 3.63) is 60.2 Å². The number of aliphatic hydroxyl groups excluding tert-OH is 1. The third-order valence-corrected chi connectivity index (χ3v) is 10.8. The highest BCUT2D eigenvalue weighted by molar-refractivity contribution is 7.89. The zero-order valence-corrected chi connectivity index (χ0v) is 26.6. The van der Waals surface area contributed by atoms with Crippen molar-refractivity contribution in [2.24, 2.45) is 17.8 Å². The molecule has 11 nitrogen and oxygen atoms in total. The molecule has 5 rings (SSSR count). The van der Waals surface area contributed by atoms with E-state index in [4.69, 9.17) is 23.7 Å². The molecule has 12 heteroatoms. The molecular formula is C32H44N2O9S. The predicted molar refractivity (Wildman–Crippen MR) is 162 cm³/mol. The van der Waals surface area contributed by atoms with Gasteiger partial charge in [0.25, 0.3) is 0 Å². The fraction of sp³-hybridized carbons (Fsp3) is 0.594. The quantitative estimate of drug-likeness (QED) is 0.342. The molecule has 1 saturated carbocycles. The third kappa shape index (κ3) is 6.90. The van der Waals surface area contributed by atoms with Crippen LogP contribution in [-0.4, -0.2) is 94.6 Å². The molecule has 3 fully saturated rings. The van der Waals surface area contributed by atoms with Crippen molar-refractivity contribution in [2.75, 3.05) is 40.5 Å². The van der Waals surface area contributed by atoms with Crippen LogP contribution in [0.2, 0.25) is 0 Å². The number of ether oxygens (including phenoxy) is 5. The number of hydrogen-bond acceptors (Lipinski definition) is 9. The van der Waals surface area contributed by atoms with Crippen molar-refractivity contribution in [3.63, 3.8) is 0 Å². The van der Waals surface area contributed by atoms with Gasteiger partial charge < -0.3 is 34.1 Å². The molecule has 2 aromatic rings. The van der Waals surface area contributed by atoms with Crippen LogP contribution in [0, 0.1) is 17.8 Å². The van der Waals surface area contributed by atoms with E-state index < -0.39 is 40.0 Å². The molecule has 0 aromatic heterocycles. The Morgan fingerprint density at radius 1 is 1.09 bits per heavy atom. The lowest BCUT2D eigenvalue weighted by Crippen LogP contribution is -2.51. The van der Waals surface area contributed by atoms with E-state index in [-0.39, 0.29) is 48.4 Å². The first-order valence-corrected chi connectivity index (χ1v) is 16.6. The van der Waals surface area contributed by atoms with Crippen LogP contribution in [0.25, 0.3) is 0 Å².